The molecule has 2 rings (SSSR count). The van der Waals surface area contributed by atoms with E-state index >= 15 is 0 Å². The third-order valence-corrected chi connectivity index (χ3v) is 4.39. The molecule has 0 saturated heterocycles. The standard InChI is InChI=1S/C15H22BrNO/c1-18-9-8-17-11-14(12-6-7-12)10-13-4-2-3-5-15(13)16/h2-5,12,14,17H,6-11H2,1H3. The molecule has 100 valence electrons. The number of rotatable bonds is 8. The average molecular weight is 312 g/mol. The van der Waals surface area contributed by atoms with Crippen molar-refractivity contribution in [3.05, 3.63) is 34.3 Å². The van der Waals surface area contributed by atoms with Crippen LogP contribution in [0.5, 0.6) is 0 Å². The zero-order chi connectivity index (χ0) is 12.8. The normalized spacial score (nSPS) is 16.8. The first-order valence-electron chi connectivity index (χ1n) is 6.74. The number of benzene rings is 1. The largest absolute Gasteiger partial charge is 0.383 e. The van der Waals surface area contributed by atoms with Gasteiger partial charge in [-0.05, 0) is 49.3 Å². The van der Waals surface area contributed by atoms with Gasteiger partial charge in [-0.2, -0.15) is 0 Å². The van der Waals surface area contributed by atoms with Crippen LogP contribution >= 0.6 is 15.9 Å². The molecule has 0 aliphatic heterocycles. The molecule has 0 radical (unpaired) electrons. The number of hydrogen-bond acceptors (Lipinski definition) is 2. The van der Waals surface area contributed by atoms with Crippen LogP contribution in [0, 0.1) is 11.8 Å². The smallest absolute Gasteiger partial charge is 0.0587 e. The van der Waals surface area contributed by atoms with Gasteiger partial charge < -0.3 is 10.1 Å². The maximum atomic E-state index is 5.07. The highest BCUT2D eigenvalue weighted by Crippen LogP contribution is 2.38. The van der Waals surface area contributed by atoms with Gasteiger partial charge in [-0.15, -0.1) is 0 Å². The van der Waals surface area contributed by atoms with E-state index < -0.39 is 0 Å². The lowest BCUT2D eigenvalue weighted by Crippen LogP contribution is -2.28. The molecule has 3 heteroatoms. The Kier molecular flexibility index (Phi) is 5.67. The zero-order valence-corrected chi connectivity index (χ0v) is 12.6. The highest BCUT2D eigenvalue weighted by Gasteiger charge is 2.31. The second kappa shape index (κ2) is 7.27. The van der Waals surface area contributed by atoms with Gasteiger partial charge in [0.15, 0.2) is 0 Å². The molecule has 0 amide bonds. The van der Waals surface area contributed by atoms with Crippen LogP contribution in [0.3, 0.4) is 0 Å². The maximum absolute atomic E-state index is 5.07. The monoisotopic (exact) mass is 311 g/mol. The highest BCUT2D eigenvalue weighted by molar-refractivity contribution is 9.10. The number of nitrogens with one attached hydrogen (secondary N) is 1. The lowest BCUT2D eigenvalue weighted by Gasteiger charge is -2.18. The molecule has 1 aromatic carbocycles. The van der Waals surface area contributed by atoms with Crippen LogP contribution in [0.15, 0.2) is 28.7 Å². The van der Waals surface area contributed by atoms with Gasteiger partial charge in [-0.25, -0.2) is 0 Å². The summed E-state index contributed by atoms with van der Waals surface area (Å²) in [6.07, 6.45) is 3.98. The van der Waals surface area contributed by atoms with Crippen LogP contribution in [-0.2, 0) is 11.2 Å². The lowest BCUT2D eigenvalue weighted by atomic mass is 9.94. The molecule has 1 fully saturated rings. The molecule has 0 aromatic heterocycles. The van der Waals surface area contributed by atoms with Crippen LogP contribution in [-0.4, -0.2) is 26.8 Å². The van der Waals surface area contributed by atoms with E-state index in [1.165, 1.54) is 29.3 Å². The fourth-order valence-corrected chi connectivity index (χ4v) is 2.83. The Bertz CT molecular complexity index is 365. The molecule has 0 heterocycles. The van der Waals surface area contributed by atoms with Gasteiger partial charge in [-0.3, -0.25) is 0 Å². The van der Waals surface area contributed by atoms with Crippen LogP contribution in [0.25, 0.3) is 0 Å². The van der Waals surface area contributed by atoms with Crippen molar-refractivity contribution in [1.29, 1.82) is 0 Å². The van der Waals surface area contributed by atoms with Gasteiger partial charge in [0.25, 0.3) is 0 Å². The van der Waals surface area contributed by atoms with E-state index in [-0.39, 0.29) is 0 Å². The zero-order valence-electron chi connectivity index (χ0n) is 11.0. The Morgan fingerprint density at radius 2 is 2.17 bits per heavy atom. The van der Waals surface area contributed by atoms with Crippen molar-refractivity contribution in [2.45, 2.75) is 19.3 Å². The topological polar surface area (TPSA) is 21.3 Å². The third kappa shape index (κ3) is 4.38. The Hall–Kier alpha value is -0.380. The van der Waals surface area contributed by atoms with Crippen molar-refractivity contribution in [3.63, 3.8) is 0 Å². The van der Waals surface area contributed by atoms with Crippen molar-refractivity contribution >= 4 is 15.9 Å². The summed E-state index contributed by atoms with van der Waals surface area (Å²) in [5, 5.41) is 3.51. The molecule has 1 aromatic rings. The van der Waals surface area contributed by atoms with Gasteiger partial charge in [0.05, 0.1) is 6.61 Å². The number of ether oxygens (including phenoxy) is 1. The molecular weight excluding hydrogens is 290 g/mol. The Balaban J connectivity index is 1.84. The summed E-state index contributed by atoms with van der Waals surface area (Å²) in [6.45, 7) is 2.86. The molecule has 1 unspecified atom stereocenters. The van der Waals surface area contributed by atoms with E-state index in [1.54, 1.807) is 7.11 Å². The maximum Gasteiger partial charge on any atom is 0.0587 e. The molecule has 1 aliphatic rings. The Morgan fingerprint density at radius 3 is 2.83 bits per heavy atom. The van der Waals surface area contributed by atoms with Crippen molar-refractivity contribution in [1.82, 2.24) is 5.32 Å². The molecule has 0 bridgehead atoms. The summed E-state index contributed by atoms with van der Waals surface area (Å²) in [6, 6.07) is 8.57. The fraction of sp³-hybridized carbons (Fsp3) is 0.600. The summed E-state index contributed by atoms with van der Waals surface area (Å²) in [5.41, 5.74) is 1.43. The fourth-order valence-electron chi connectivity index (χ4n) is 2.38. The molecule has 0 spiro atoms. The predicted octanol–water partition coefficient (Wildman–Crippen LogP) is 3.25. The Labute approximate surface area is 118 Å². The number of methoxy groups -OCH3 is 1. The first-order valence-corrected chi connectivity index (χ1v) is 7.53. The van der Waals surface area contributed by atoms with Gasteiger partial charge >= 0.3 is 0 Å². The van der Waals surface area contributed by atoms with E-state index in [1.807, 2.05) is 0 Å². The van der Waals surface area contributed by atoms with Gasteiger partial charge in [0.2, 0.25) is 0 Å². The highest BCUT2D eigenvalue weighted by atomic mass is 79.9. The SMILES string of the molecule is COCCNCC(Cc1ccccc1Br)C1CC1. The molecule has 1 atom stereocenters. The summed E-state index contributed by atoms with van der Waals surface area (Å²) in [5.74, 6) is 1.69. The van der Waals surface area contributed by atoms with Crippen molar-refractivity contribution < 1.29 is 4.74 Å². The van der Waals surface area contributed by atoms with Crippen LogP contribution < -0.4 is 5.32 Å². The summed E-state index contributed by atoms with van der Waals surface area (Å²) in [4.78, 5) is 0. The van der Waals surface area contributed by atoms with E-state index in [0.29, 0.717) is 0 Å². The van der Waals surface area contributed by atoms with E-state index in [4.69, 9.17) is 4.74 Å². The minimum atomic E-state index is 0.764. The van der Waals surface area contributed by atoms with E-state index in [9.17, 15) is 0 Å². The number of hydrogen-bond donors (Lipinski definition) is 1. The molecule has 1 N–H and O–H groups in total. The Morgan fingerprint density at radius 1 is 1.39 bits per heavy atom. The molecule has 2 nitrogen and oxygen atoms in total. The van der Waals surface area contributed by atoms with Crippen molar-refractivity contribution in [2.24, 2.45) is 11.8 Å². The second-order valence-electron chi connectivity index (χ2n) is 5.09. The minimum Gasteiger partial charge on any atom is -0.383 e. The van der Waals surface area contributed by atoms with Gasteiger partial charge in [-0.1, -0.05) is 34.1 Å². The first-order chi connectivity index (χ1) is 8.81. The molecule has 1 saturated carbocycles. The quantitative estimate of drug-likeness (QED) is 0.744. The predicted molar refractivity (Wildman–Crippen MR) is 78.8 cm³/mol. The lowest BCUT2D eigenvalue weighted by molar-refractivity contribution is 0.197. The van der Waals surface area contributed by atoms with Crippen molar-refractivity contribution in [3.8, 4) is 0 Å². The first kappa shape index (κ1) is 14.0. The minimum absolute atomic E-state index is 0.764. The summed E-state index contributed by atoms with van der Waals surface area (Å²) >= 11 is 3.65. The van der Waals surface area contributed by atoms with E-state index in [2.05, 4.69) is 45.5 Å². The molecule has 1 aliphatic carbocycles. The van der Waals surface area contributed by atoms with Crippen molar-refractivity contribution in [2.75, 3.05) is 26.8 Å². The number of halogens is 1. The van der Waals surface area contributed by atoms with Gasteiger partial charge in [0, 0.05) is 18.1 Å². The average Bonchev–Trinajstić information content (AvgIpc) is 3.20. The van der Waals surface area contributed by atoms with E-state index in [0.717, 1.165) is 31.5 Å². The second-order valence-corrected chi connectivity index (χ2v) is 5.94. The van der Waals surface area contributed by atoms with Crippen LogP contribution in [0.2, 0.25) is 0 Å². The van der Waals surface area contributed by atoms with Crippen LogP contribution in [0.1, 0.15) is 18.4 Å². The van der Waals surface area contributed by atoms with Crippen LogP contribution in [0.4, 0.5) is 0 Å². The van der Waals surface area contributed by atoms with Gasteiger partial charge in [0.1, 0.15) is 0 Å². The third-order valence-electron chi connectivity index (χ3n) is 3.62. The molecule has 18 heavy (non-hydrogen) atoms. The summed E-state index contributed by atoms with van der Waals surface area (Å²) in [7, 11) is 1.75. The summed E-state index contributed by atoms with van der Waals surface area (Å²) < 4.78 is 6.31. The molecular formula is C15H22BrNO.